The molecule has 1 heterocycles. The van der Waals surface area contributed by atoms with Gasteiger partial charge in [0.05, 0.1) is 4.90 Å². The van der Waals surface area contributed by atoms with E-state index in [0.717, 1.165) is 0 Å². The van der Waals surface area contributed by atoms with Gasteiger partial charge >= 0.3 is 0 Å². The lowest BCUT2D eigenvalue weighted by Crippen LogP contribution is -2.02. The second kappa shape index (κ2) is 4.65. The highest BCUT2D eigenvalue weighted by molar-refractivity contribution is 7.91. The molecular formula is C15H11ClO3S. The van der Waals surface area contributed by atoms with Crippen molar-refractivity contribution in [3.8, 4) is 0 Å². The number of furan rings is 1. The van der Waals surface area contributed by atoms with Crippen LogP contribution < -0.4 is 0 Å². The SMILES string of the molecule is Cc1oc2ccc(Cl)cc2c1S(=O)(=O)c1ccccc1. The number of sulfone groups is 1. The van der Waals surface area contributed by atoms with Crippen molar-refractivity contribution >= 4 is 32.4 Å². The highest BCUT2D eigenvalue weighted by Gasteiger charge is 2.26. The summed E-state index contributed by atoms with van der Waals surface area (Å²) >= 11 is 5.96. The highest BCUT2D eigenvalue weighted by atomic mass is 35.5. The smallest absolute Gasteiger partial charge is 0.210 e. The molecule has 5 heteroatoms. The molecule has 0 radical (unpaired) electrons. The number of aryl methyl sites for hydroxylation is 1. The van der Waals surface area contributed by atoms with Crippen molar-refractivity contribution in [3.63, 3.8) is 0 Å². The minimum absolute atomic E-state index is 0.182. The number of rotatable bonds is 2. The summed E-state index contributed by atoms with van der Waals surface area (Å²) in [5.74, 6) is 0.367. The topological polar surface area (TPSA) is 47.3 Å². The van der Waals surface area contributed by atoms with Crippen LogP contribution >= 0.6 is 11.6 Å². The summed E-state index contributed by atoms with van der Waals surface area (Å²) < 4.78 is 31.0. The van der Waals surface area contributed by atoms with Gasteiger partial charge in [0.1, 0.15) is 16.2 Å². The second-order valence-corrected chi connectivity index (χ2v) is 6.77. The predicted octanol–water partition coefficient (Wildman–Crippen LogP) is 4.23. The molecule has 0 amide bonds. The Bertz CT molecular complexity index is 880. The van der Waals surface area contributed by atoms with Gasteiger partial charge < -0.3 is 4.42 Å². The first-order valence-corrected chi connectivity index (χ1v) is 7.85. The number of benzene rings is 2. The Morgan fingerprint density at radius 3 is 2.45 bits per heavy atom. The lowest BCUT2D eigenvalue weighted by Gasteiger charge is -2.03. The van der Waals surface area contributed by atoms with Gasteiger partial charge in [-0.2, -0.15) is 0 Å². The van der Waals surface area contributed by atoms with Gasteiger partial charge in [0.25, 0.3) is 0 Å². The van der Waals surface area contributed by atoms with E-state index in [1.54, 1.807) is 55.5 Å². The van der Waals surface area contributed by atoms with Crippen LogP contribution in [0.1, 0.15) is 5.76 Å². The van der Waals surface area contributed by atoms with Crippen LogP contribution in [0, 0.1) is 6.92 Å². The third kappa shape index (κ3) is 2.01. The molecule has 20 heavy (non-hydrogen) atoms. The Kier molecular flexibility index (Phi) is 3.07. The molecule has 0 spiro atoms. The van der Waals surface area contributed by atoms with Crippen molar-refractivity contribution in [2.24, 2.45) is 0 Å². The minimum Gasteiger partial charge on any atom is -0.460 e. The molecule has 0 bridgehead atoms. The fraction of sp³-hybridized carbons (Fsp3) is 0.0667. The van der Waals surface area contributed by atoms with Gasteiger partial charge in [-0.3, -0.25) is 0 Å². The van der Waals surface area contributed by atoms with Crippen molar-refractivity contribution in [2.75, 3.05) is 0 Å². The Morgan fingerprint density at radius 2 is 1.75 bits per heavy atom. The van der Waals surface area contributed by atoms with Crippen LogP contribution in [0.4, 0.5) is 0 Å². The van der Waals surface area contributed by atoms with E-state index < -0.39 is 9.84 Å². The van der Waals surface area contributed by atoms with Gasteiger partial charge in [0.15, 0.2) is 0 Å². The molecule has 102 valence electrons. The lowest BCUT2D eigenvalue weighted by molar-refractivity contribution is 0.557. The Morgan fingerprint density at radius 1 is 1.05 bits per heavy atom. The minimum atomic E-state index is -3.62. The largest absolute Gasteiger partial charge is 0.460 e. The maximum absolute atomic E-state index is 12.7. The molecule has 0 N–H and O–H groups in total. The highest BCUT2D eigenvalue weighted by Crippen LogP contribution is 2.34. The van der Waals surface area contributed by atoms with E-state index in [0.29, 0.717) is 21.8 Å². The molecule has 0 saturated carbocycles. The maximum Gasteiger partial charge on any atom is 0.210 e. The van der Waals surface area contributed by atoms with Crippen molar-refractivity contribution in [2.45, 2.75) is 16.7 Å². The molecule has 0 unspecified atom stereocenters. The van der Waals surface area contributed by atoms with Crippen molar-refractivity contribution in [1.82, 2.24) is 0 Å². The zero-order chi connectivity index (χ0) is 14.3. The molecule has 1 aromatic heterocycles. The van der Waals surface area contributed by atoms with E-state index in [4.69, 9.17) is 16.0 Å². The molecule has 0 aliphatic heterocycles. The van der Waals surface area contributed by atoms with Gasteiger partial charge in [0.2, 0.25) is 9.84 Å². The van der Waals surface area contributed by atoms with E-state index in [-0.39, 0.29) is 9.79 Å². The van der Waals surface area contributed by atoms with Crippen LogP contribution in [0.5, 0.6) is 0 Å². The van der Waals surface area contributed by atoms with Crippen molar-refractivity contribution in [1.29, 1.82) is 0 Å². The standard InChI is InChI=1S/C15H11ClO3S/c1-10-15(13-9-11(16)7-8-14(13)19-10)20(17,18)12-5-3-2-4-6-12/h2-9H,1H3. The summed E-state index contributed by atoms with van der Waals surface area (Å²) in [4.78, 5) is 0.423. The van der Waals surface area contributed by atoms with E-state index in [1.807, 2.05) is 0 Å². The summed E-state index contributed by atoms with van der Waals surface area (Å²) in [6.07, 6.45) is 0. The van der Waals surface area contributed by atoms with E-state index >= 15 is 0 Å². The van der Waals surface area contributed by atoms with Crippen LogP contribution in [0.25, 0.3) is 11.0 Å². The van der Waals surface area contributed by atoms with Gasteiger partial charge in [-0.05, 0) is 37.3 Å². The Labute approximate surface area is 121 Å². The average molecular weight is 307 g/mol. The number of halogens is 1. The normalized spacial score (nSPS) is 11.9. The number of hydrogen-bond acceptors (Lipinski definition) is 3. The van der Waals surface area contributed by atoms with Crippen LogP contribution in [0.15, 0.2) is 62.7 Å². The Balaban J connectivity index is 2.35. The maximum atomic E-state index is 12.7. The first kappa shape index (κ1) is 13.2. The second-order valence-electron chi connectivity index (χ2n) is 4.44. The molecule has 0 aliphatic rings. The molecule has 0 aliphatic carbocycles. The van der Waals surface area contributed by atoms with E-state index in [1.165, 1.54) is 0 Å². The molecule has 0 fully saturated rings. The van der Waals surface area contributed by atoms with E-state index in [9.17, 15) is 8.42 Å². The summed E-state index contributed by atoms with van der Waals surface area (Å²) in [5.41, 5.74) is 0.515. The third-order valence-corrected chi connectivity index (χ3v) is 5.26. The molecule has 0 atom stereocenters. The molecule has 0 saturated heterocycles. The van der Waals surface area contributed by atoms with Gasteiger partial charge in [0, 0.05) is 10.4 Å². The summed E-state index contributed by atoms with van der Waals surface area (Å²) in [5, 5.41) is 0.988. The lowest BCUT2D eigenvalue weighted by atomic mass is 10.2. The zero-order valence-corrected chi connectivity index (χ0v) is 12.2. The van der Waals surface area contributed by atoms with Crippen LogP contribution in [0.2, 0.25) is 5.02 Å². The molecule has 3 aromatic rings. The van der Waals surface area contributed by atoms with Gasteiger partial charge in [-0.1, -0.05) is 29.8 Å². The van der Waals surface area contributed by atoms with Crippen LogP contribution in [-0.4, -0.2) is 8.42 Å². The number of hydrogen-bond donors (Lipinski definition) is 0. The monoisotopic (exact) mass is 306 g/mol. The zero-order valence-electron chi connectivity index (χ0n) is 10.6. The fourth-order valence-electron chi connectivity index (χ4n) is 2.22. The molecule has 2 aromatic carbocycles. The van der Waals surface area contributed by atoms with Crippen LogP contribution in [0.3, 0.4) is 0 Å². The Hall–Kier alpha value is -1.78. The third-order valence-electron chi connectivity index (χ3n) is 3.09. The van der Waals surface area contributed by atoms with Gasteiger partial charge in [-0.25, -0.2) is 8.42 Å². The predicted molar refractivity (Wildman–Crippen MR) is 77.9 cm³/mol. The first-order chi connectivity index (χ1) is 9.50. The molecular weight excluding hydrogens is 296 g/mol. The summed E-state index contributed by atoms with van der Waals surface area (Å²) in [6, 6.07) is 13.3. The summed E-state index contributed by atoms with van der Waals surface area (Å²) in [6.45, 7) is 1.64. The van der Waals surface area contributed by atoms with Crippen LogP contribution in [-0.2, 0) is 9.84 Å². The molecule has 3 rings (SSSR count). The molecule has 3 nitrogen and oxygen atoms in total. The quantitative estimate of drug-likeness (QED) is 0.712. The average Bonchev–Trinajstić information content (AvgIpc) is 2.75. The number of fused-ring (bicyclic) bond motifs is 1. The fourth-order valence-corrected chi connectivity index (χ4v) is 4.01. The van der Waals surface area contributed by atoms with Gasteiger partial charge in [-0.15, -0.1) is 0 Å². The van der Waals surface area contributed by atoms with Crippen molar-refractivity contribution < 1.29 is 12.8 Å². The first-order valence-electron chi connectivity index (χ1n) is 5.99. The summed E-state index contributed by atoms with van der Waals surface area (Å²) in [7, 11) is -3.62. The van der Waals surface area contributed by atoms with E-state index in [2.05, 4.69) is 0 Å². The van der Waals surface area contributed by atoms with Crippen molar-refractivity contribution in [3.05, 3.63) is 59.3 Å².